The molecule has 2 aliphatic rings. The van der Waals surface area contributed by atoms with Crippen LogP contribution in [0.3, 0.4) is 0 Å². The molecule has 0 saturated carbocycles. The highest BCUT2D eigenvalue weighted by Crippen LogP contribution is 2.45. The number of aromatic nitrogens is 3. The first-order valence-electron chi connectivity index (χ1n) is 16.8. The van der Waals surface area contributed by atoms with Gasteiger partial charge in [-0.1, -0.05) is 13.8 Å². The fourth-order valence-corrected chi connectivity index (χ4v) is 6.36. The maximum absolute atomic E-state index is 13.7. The summed E-state index contributed by atoms with van der Waals surface area (Å²) in [4.78, 5) is 29.3. The second kappa shape index (κ2) is 16.0. The Morgan fingerprint density at radius 2 is 1.59 bits per heavy atom. The number of carbonyl (C=O) groups is 1. The van der Waals surface area contributed by atoms with Crippen molar-refractivity contribution in [3.63, 3.8) is 0 Å². The van der Waals surface area contributed by atoms with E-state index in [9.17, 15) is 36.2 Å². The molecule has 3 aromatic rings. The van der Waals surface area contributed by atoms with Gasteiger partial charge in [0.1, 0.15) is 11.5 Å². The van der Waals surface area contributed by atoms with Crippen molar-refractivity contribution in [1.82, 2.24) is 15.0 Å². The Balaban J connectivity index is 0.00000109. The first-order valence-corrected chi connectivity index (χ1v) is 16.8. The van der Waals surface area contributed by atoms with E-state index in [0.717, 1.165) is 31.0 Å². The third-order valence-corrected chi connectivity index (χ3v) is 9.19. The molecule has 3 N–H and O–H groups in total. The zero-order valence-electron chi connectivity index (χ0n) is 29.2. The highest BCUT2D eigenvalue weighted by atomic mass is 19.4. The van der Waals surface area contributed by atoms with Crippen LogP contribution in [0.2, 0.25) is 0 Å². The number of halogens is 6. The maximum Gasteiger partial charge on any atom is 0.416 e. The molecule has 0 spiro atoms. The number of methoxy groups -OCH3 is 1. The minimum absolute atomic E-state index is 0.00473. The number of hydrogen-bond donors (Lipinski definition) is 2. The van der Waals surface area contributed by atoms with Gasteiger partial charge in [-0.15, -0.1) is 0 Å². The van der Waals surface area contributed by atoms with Crippen molar-refractivity contribution in [2.75, 3.05) is 43.2 Å². The fourth-order valence-electron chi connectivity index (χ4n) is 6.36. The van der Waals surface area contributed by atoms with Gasteiger partial charge in [0.25, 0.3) is 0 Å². The largest absolute Gasteiger partial charge is 0.481 e. The average Bonchev–Trinajstić information content (AvgIpc) is 3.07. The van der Waals surface area contributed by atoms with Crippen LogP contribution in [-0.4, -0.2) is 65.2 Å². The number of carboxylic acid groups (broad SMARTS) is 1. The van der Waals surface area contributed by atoms with E-state index in [1.807, 2.05) is 18.7 Å². The van der Waals surface area contributed by atoms with E-state index in [2.05, 4.69) is 16.9 Å². The molecule has 1 aromatic carbocycles. The Morgan fingerprint density at radius 3 is 2.08 bits per heavy atom. The van der Waals surface area contributed by atoms with Crippen LogP contribution in [0.5, 0.6) is 5.88 Å². The van der Waals surface area contributed by atoms with E-state index >= 15 is 0 Å². The SMILES string of the molecule is CCOCC.CC[C@]1(N)C[C@H](c2ncc(N3CCC(C)CC3)c(Cc3cc(C(F)(F)F)cc(C(F)(F)F)c3)n2)c2nc(OC)ccc2N1C(=O)O. The predicted molar refractivity (Wildman–Crippen MR) is 179 cm³/mol. The maximum atomic E-state index is 13.7. The summed E-state index contributed by atoms with van der Waals surface area (Å²) in [7, 11) is 1.40. The third kappa shape index (κ3) is 9.19. The van der Waals surface area contributed by atoms with Crippen LogP contribution in [-0.2, 0) is 23.5 Å². The van der Waals surface area contributed by atoms with Gasteiger partial charge in [0.2, 0.25) is 5.88 Å². The van der Waals surface area contributed by atoms with E-state index in [4.69, 9.17) is 20.2 Å². The van der Waals surface area contributed by atoms with Gasteiger partial charge in [0.05, 0.1) is 53.1 Å². The molecule has 16 heteroatoms. The summed E-state index contributed by atoms with van der Waals surface area (Å²) in [6.07, 6.45) is -8.24. The van der Waals surface area contributed by atoms with Crippen molar-refractivity contribution in [2.24, 2.45) is 11.7 Å². The van der Waals surface area contributed by atoms with Crippen LogP contribution in [0.25, 0.3) is 0 Å². The third-order valence-electron chi connectivity index (χ3n) is 9.19. The lowest BCUT2D eigenvalue weighted by Gasteiger charge is -2.45. The van der Waals surface area contributed by atoms with Crippen LogP contribution in [0.15, 0.2) is 36.5 Å². The van der Waals surface area contributed by atoms with Crippen molar-refractivity contribution >= 4 is 17.5 Å². The molecule has 10 nitrogen and oxygen atoms in total. The summed E-state index contributed by atoms with van der Waals surface area (Å²) in [6, 6.07) is 4.51. The van der Waals surface area contributed by atoms with E-state index < -0.39 is 41.2 Å². The van der Waals surface area contributed by atoms with Crippen LogP contribution in [0.1, 0.15) is 93.2 Å². The summed E-state index contributed by atoms with van der Waals surface area (Å²) in [5, 5.41) is 10.1. The van der Waals surface area contributed by atoms with Gasteiger partial charge in [-0.2, -0.15) is 26.3 Å². The molecule has 0 aliphatic carbocycles. The van der Waals surface area contributed by atoms with Gasteiger partial charge in [-0.05, 0) is 75.3 Å². The Kier molecular flexibility index (Phi) is 12.4. The van der Waals surface area contributed by atoms with Crippen molar-refractivity contribution in [3.8, 4) is 5.88 Å². The lowest BCUT2D eigenvalue weighted by molar-refractivity contribution is -0.143. The first-order chi connectivity index (χ1) is 23.9. The molecule has 1 fully saturated rings. The molecular weight excluding hydrogens is 682 g/mol. The van der Waals surface area contributed by atoms with Gasteiger partial charge in [0.15, 0.2) is 0 Å². The lowest BCUT2D eigenvalue weighted by Crippen LogP contribution is -2.61. The molecule has 4 heterocycles. The highest BCUT2D eigenvalue weighted by Gasteiger charge is 2.47. The zero-order chi connectivity index (χ0) is 37.7. The van der Waals surface area contributed by atoms with E-state index in [1.165, 1.54) is 25.4 Å². The van der Waals surface area contributed by atoms with Crippen molar-refractivity contribution < 1.29 is 45.7 Å². The molecule has 2 aliphatic heterocycles. The molecule has 0 bridgehead atoms. The van der Waals surface area contributed by atoms with Crippen molar-refractivity contribution in [3.05, 3.63) is 70.4 Å². The number of alkyl halides is 6. The molecule has 0 unspecified atom stereocenters. The Morgan fingerprint density at radius 1 is 0.980 bits per heavy atom. The molecule has 0 radical (unpaired) electrons. The van der Waals surface area contributed by atoms with Crippen LogP contribution in [0.4, 0.5) is 42.5 Å². The molecule has 280 valence electrons. The summed E-state index contributed by atoms with van der Waals surface area (Å²) < 4.78 is 92.4. The van der Waals surface area contributed by atoms with Gasteiger partial charge in [-0.25, -0.2) is 19.7 Å². The quantitative estimate of drug-likeness (QED) is 0.223. The monoisotopic (exact) mass is 726 g/mol. The van der Waals surface area contributed by atoms with E-state index in [-0.39, 0.29) is 59.7 Å². The smallest absolute Gasteiger partial charge is 0.416 e. The summed E-state index contributed by atoms with van der Waals surface area (Å²) in [5.74, 6) is 0.0222. The molecule has 51 heavy (non-hydrogen) atoms. The molecular formula is C35H44F6N6O4. The summed E-state index contributed by atoms with van der Waals surface area (Å²) >= 11 is 0. The molecule has 2 aromatic heterocycles. The van der Waals surface area contributed by atoms with E-state index in [1.54, 1.807) is 6.92 Å². The van der Waals surface area contributed by atoms with Crippen LogP contribution < -0.4 is 20.3 Å². The second-order valence-corrected chi connectivity index (χ2v) is 12.7. The number of anilines is 2. The number of benzene rings is 1. The van der Waals surface area contributed by atoms with Crippen LogP contribution >= 0.6 is 0 Å². The normalized spacial score (nSPS) is 19.6. The number of fused-ring (bicyclic) bond motifs is 1. The Bertz CT molecular complexity index is 1630. The molecule has 2 atom stereocenters. The number of nitrogens with two attached hydrogens (primary N) is 1. The van der Waals surface area contributed by atoms with Crippen molar-refractivity contribution in [1.29, 1.82) is 0 Å². The topological polar surface area (TPSA) is 127 Å². The first kappa shape index (κ1) is 39.6. The van der Waals surface area contributed by atoms with E-state index in [0.29, 0.717) is 36.8 Å². The van der Waals surface area contributed by atoms with Gasteiger partial charge in [-0.3, -0.25) is 4.90 Å². The Labute approximate surface area is 293 Å². The number of piperidine rings is 1. The number of amides is 1. The van der Waals surface area contributed by atoms with Gasteiger partial charge in [0, 0.05) is 38.8 Å². The predicted octanol–water partition coefficient (Wildman–Crippen LogP) is 7.87. The molecule has 5 rings (SSSR count). The minimum Gasteiger partial charge on any atom is -0.481 e. The summed E-state index contributed by atoms with van der Waals surface area (Å²) in [5.41, 5.74) is 3.41. The van der Waals surface area contributed by atoms with Gasteiger partial charge < -0.3 is 25.2 Å². The number of pyridine rings is 1. The standard InChI is InChI=1S/C31H34F6N6O3.C4H10O/c1-4-29(38)15-21(26-23(43(29)28(44)45)5-6-25(41-26)46-3)27-39-16-24(42-9-7-17(2)8-10-42)22(40-27)13-18-11-19(30(32,33)34)14-20(12-18)31(35,36)37;1-3-5-4-2/h5-6,11-12,14,16-17,21H,4,7-10,13,15,38H2,1-3H3,(H,44,45);3-4H2,1-2H3/t21-,29+;/m0./s1. The van der Waals surface area contributed by atoms with Gasteiger partial charge >= 0.3 is 18.4 Å². The fraction of sp³-hybridized carbons (Fsp3) is 0.543. The lowest BCUT2D eigenvalue weighted by atomic mass is 9.83. The number of ether oxygens (including phenoxy) is 2. The number of hydrogen-bond acceptors (Lipinski definition) is 8. The zero-order valence-corrected chi connectivity index (χ0v) is 29.2. The molecule has 1 amide bonds. The molecule has 1 saturated heterocycles. The van der Waals surface area contributed by atoms with Crippen LogP contribution in [0, 0.1) is 5.92 Å². The number of nitrogens with zero attached hydrogens (tertiary/aromatic N) is 5. The van der Waals surface area contributed by atoms with Crippen molar-refractivity contribution in [2.45, 2.75) is 83.7 Å². The minimum atomic E-state index is -5.00. The highest BCUT2D eigenvalue weighted by molar-refractivity contribution is 5.89. The average molecular weight is 727 g/mol. The number of rotatable bonds is 8. The summed E-state index contributed by atoms with van der Waals surface area (Å²) in [6.45, 7) is 10.7. The second-order valence-electron chi connectivity index (χ2n) is 12.7. The Hall–Kier alpha value is -4.18.